The fourth-order valence-corrected chi connectivity index (χ4v) is 5.28. The van der Waals surface area contributed by atoms with Gasteiger partial charge in [0.1, 0.15) is 18.1 Å². The van der Waals surface area contributed by atoms with E-state index in [9.17, 15) is 19.5 Å². The van der Waals surface area contributed by atoms with Crippen LogP contribution in [0.2, 0.25) is 0 Å². The molecule has 1 atom stereocenters. The van der Waals surface area contributed by atoms with Gasteiger partial charge in [-0.3, -0.25) is 19.3 Å². The van der Waals surface area contributed by atoms with E-state index in [2.05, 4.69) is 11.6 Å². The molecule has 0 radical (unpaired) electrons. The predicted molar refractivity (Wildman–Crippen MR) is 148 cm³/mol. The summed E-state index contributed by atoms with van der Waals surface area (Å²) in [6.07, 6.45) is 1.60. The highest BCUT2D eigenvalue weighted by atomic mass is 32.1. The molecule has 1 aliphatic heterocycles. The third-order valence-electron chi connectivity index (χ3n) is 6.06. The zero-order chi connectivity index (χ0) is 28.3. The lowest BCUT2D eigenvalue weighted by Gasteiger charge is -2.24. The van der Waals surface area contributed by atoms with Crippen molar-refractivity contribution in [2.24, 2.45) is 0 Å². The molecule has 1 fully saturated rings. The van der Waals surface area contributed by atoms with Crippen LogP contribution >= 0.6 is 11.3 Å². The van der Waals surface area contributed by atoms with Crippen molar-refractivity contribution in [3.63, 3.8) is 0 Å². The van der Waals surface area contributed by atoms with E-state index in [0.717, 1.165) is 11.3 Å². The minimum atomic E-state index is -1.05. The minimum absolute atomic E-state index is 0.121. The standard InChI is InChI=1S/C29H28N2O7S/c1-6-14-38-21-13-10-19(15-22(21)37-7-2)24-23(25(33)18-8-11-20(36-5)12-9-18)26(34)28(35)31(24)29-30-16(3)27(39-29)17(4)32/h6,8-13,15,24,33H,1,7,14H2,2-5H3/b25-23+. The molecule has 0 bridgehead atoms. The molecule has 3 aromatic rings. The van der Waals surface area contributed by atoms with Crippen LogP contribution in [0, 0.1) is 6.92 Å². The number of rotatable bonds is 10. The Bertz CT molecular complexity index is 1470. The maximum Gasteiger partial charge on any atom is 0.301 e. The lowest BCUT2D eigenvalue weighted by atomic mass is 9.95. The van der Waals surface area contributed by atoms with Gasteiger partial charge in [-0.1, -0.05) is 30.1 Å². The second kappa shape index (κ2) is 11.5. The normalized spacial score (nSPS) is 16.3. The zero-order valence-corrected chi connectivity index (χ0v) is 22.8. The molecule has 1 unspecified atom stereocenters. The number of Topliss-reactive ketones (excluding diaryl/α,β-unsaturated/α-hetero) is 2. The van der Waals surface area contributed by atoms with Crippen LogP contribution in [0.5, 0.6) is 17.2 Å². The fraction of sp³-hybridized carbons (Fsp3) is 0.241. The lowest BCUT2D eigenvalue weighted by molar-refractivity contribution is -0.132. The zero-order valence-electron chi connectivity index (χ0n) is 22.0. The number of methoxy groups -OCH3 is 1. The summed E-state index contributed by atoms with van der Waals surface area (Å²) < 4.78 is 16.7. The molecule has 2 aromatic carbocycles. The number of anilines is 1. The van der Waals surface area contributed by atoms with Gasteiger partial charge in [0, 0.05) is 12.5 Å². The van der Waals surface area contributed by atoms with Gasteiger partial charge >= 0.3 is 5.91 Å². The van der Waals surface area contributed by atoms with Crippen molar-refractivity contribution >= 4 is 39.7 Å². The molecule has 0 saturated carbocycles. The average molecular weight is 549 g/mol. The van der Waals surface area contributed by atoms with E-state index >= 15 is 0 Å². The summed E-state index contributed by atoms with van der Waals surface area (Å²) >= 11 is 1.02. The van der Waals surface area contributed by atoms with Gasteiger partial charge < -0.3 is 19.3 Å². The number of aromatic nitrogens is 1. The molecular weight excluding hydrogens is 520 g/mol. The summed E-state index contributed by atoms with van der Waals surface area (Å²) in [5.41, 5.74) is 1.14. The largest absolute Gasteiger partial charge is 0.507 e. The van der Waals surface area contributed by atoms with Gasteiger partial charge in [-0.05, 0) is 55.8 Å². The van der Waals surface area contributed by atoms with E-state index in [1.54, 1.807) is 55.5 Å². The Labute approximate surface area is 230 Å². The topological polar surface area (TPSA) is 115 Å². The SMILES string of the molecule is C=CCOc1ccc(C2/C(=C(\O)c3ccc(OC)cc3)C(=O)C(=O)N2c2nc(C)c(C(C)=O)s2)cc1OCC. The highest BCUT2D eigenvalue weighted by molar-refractivity contribution is 7.18. The van der Waals surface area contributed by atoms with E-state index in [1.807, 2.05) is 6.92 Å². The molecule has 1 aromatic heterocycles. The number of ketones is 2. The van der Waals surface area contributed by atoms with Crippen LogP contribution in [0.4, 0.5) is 5.13 Å². The molecule has 10 heteroatoms. The molecule has 2 heterocycles. The molecular formula is C29H28N2O7S. The second-order valence-corrected chi connectivity index (χ2v) is 9.58. The van der Waals surface area contributed by atoms with Crippen LogP contribution in [0.15, 0.2) is 60.7 Å². The third-order valence-corrected chi connectivity index (χ3v) is 7.32. The Morgan fingerprint density at radius 2 is 1.87 bits per heavy atom. The van der Waals surface area contributed by atoms with Gasteiger partial charge in [-0.15, -0.1) is 0 Å². The van der Waals surface area contributed by atoms with Crippen LogP contribution in [0.3, 0.4) is 0 Å². The van der Waals surface area contributed by atoms with Crippen molar-refractivity contribution < 1.29 is 33.7 Å². The number of ether oxygens (including phenoxy) is 3. The van der Waals surface area contributed by atoms with Crippen molar-refractivity contribution in [3.05, 3.63) is 82.4 Å². The number of aliphatic hydroxyl groups is 1. The number of carbonyl (C=O) groups is 3. The van der Waals surface area contributed by atoms with Crippen molar-refractivity contribution in [1.82, 2.24) is 4.98 Å². The number of hydrogen-bond donors (Lipinski definition) is 1. The number of nitrogens with zero attached hydrogens (tertiary/aromatic N) is 2. The maximum absolute atomic E-state index is 13.5. The molecule has 39 heavy (non-hydrogen) atoms. The van der Waals surface area contributed by atoms with Crippen LogP contribution in [-0.4, -0.2) is 47.9 Å². The Morgan fingerprint density at radius 1 is 1.15 bits per heavy atom. The quantitative estimate of drug-likeness (QED) is 0.120. The number of thiazole rings is 1. The maximum atomic E-state index is 13.5. The summed E-state index contributed by atoms with van der Waals surface area (Å²) in [6.45, 7) is 9.15. The molecule has 0 aliphatic carbocycles. The molecule has 1 aliphatic rings. The highest BCUT2D eigenvalue weighted by Gasteiger charge is 2.48. The fourth-order valence-electron chi connectivity index (χ4n) is 4.29. The summed E-state index contributed by atoms with van der Waals surface area (Å²) in [6, 6.07) is 10.5. The van der Waals surface area contributed by atoms with E-state index in [1.165, 1.54) is 18.9 Å². The van der Waals surface area contributed by atoms with Crippen LogP contribution in [-0.2, 0) is 9.59 Å². The first-order valence-corrected chi connectivity index (χ1v) is 13.0. The Kier molecular flexibility index (Phi) is 8.15. The van der Waals surface area contributed by atoms with Crippen LogP contribution in [0.25, 0.3) is 5.76 Å². The van der Waals surface area contributed by atoms with Crippen LogP contribution < -0.4 is 19.1 Å². The first-order chi connectivity index (χ1) is 18.7. The van der Waals surface area contributed by atoms with Gasteiger partial charge in [0.05, 0.1) is 35.9 Å². The lowest BCUT2D eigenvalue weighted by Crippen LogP contribution is -2.29. The van der Waals surface area contributed by atoms with E-state index in [-0.39, 0.29) is 28.9 Å². The summed E-state index contributed by atoms with van der Waals surface area (Å²) in [5, 5.41) is 11.5. The van der Waals surface area contributed by atoms with Crippen molar-refractivity contribution in [1.29, 1.82) is 0 Å². The molecule has 0 spiro atoms. The number of hydrogen-bond acceptors (Lipinski definition) is 9. The minimum Gasteiger partial charge on any atom is -0.507 e. The number of carbonyl (C=O) groups excluding carboxylic acids is 3. The molecule has 1 N–H and O–H groups in total. The van der Waals surface area contributed by atoms with Gasteiger partial charge in [-0.25, -0.2) is 4.98 Å². The van der Waals surface area contributed by atoms with Crippen molar-refractivity contribution in [2.75, 3.05) is 25.2 Å². The van der Waals surface area contributed by atoms with Gasteiger partial charge in [0.15, 0.2) is 22.4 Å². The predicted octanol–water partition coefficient (Wildman–Crippen LogP) is 5.25. The summed E-state index contributed by atoms with van der Waals surface area (Å²) in [5.74, 6) is -0.893. The number of benzene rings is 2. The van der Waals surface area contributed by atoms with E-state index in [4.69, 9.17) is 14.2 Å². The van der Waals surface area contributed by atoms with E-state index in [0.29, 0.717) is 45.6 Å². The number of aliphatic hydroxyl groups excluding tert-OH is 1. The summed E-state index contributed by atoms with van der Waals surface area (Å²) in [4.78, 5) is 45.1. The molecule has 4 rings (SSSR count). The molecule has 202 valence electrons. The summed E-state index contributed by atoms with van der Waals surface area (Å²) in [7, 11) is 1.52. The second-order valence-electron chi connectivity index (χ2n) is 8.60. The molecule has 1 saturated heterocycles. The third kappa shape index (κ3) is 5.28. The van der Waals surface area contributed by atoms with Crippen molar-refractivity contribution in [2.45, 2.75) is 26.8 Å². The van der Waals surface area contributed by atoms with Crippen molar-refractivity contribution in [3.8, 4) is 17.2 Å². The van der Waals surface area contributed by atoms with Crippen LogP contribution in [0.1, 0.15) is 46.4 Å². The monoisotopic (exact) mass is 548 g/mol. The Hall–Kier alpha value is -4.44. The average Bonchev–Trinajstić information content (AvgIpc) is 3.44. The number of amides is 1. The van der Waals surface area contributed by atoms with Gasteiger partial charge in [0.2, 0.25) is 0 Å². The van der Waals surface area contributed by atoms with Gasteiger partial charge in [-0.2, -0.15) is 0 Å². The smallest absolute Gasteiger partial charge is 0.301 e. The first kappa shape index (κ1) is 27.6. The van der Waals surface area contributed by atoms with Gasteiger partial charge in [0.25, 0.3) is 5.78 Å². The Balaban J connectivity index is 1.94. The molecule has 1 amide bonds. The Morgan fingerprint density at radius 3 is 2.46 bits per heavy atom. The number of aryl methyl sites for hydroxylation is 1. The highest BCUT2D eigenvalue weighted by Crippen LogP contribution is 2.45. The first-order valence-electron chi connectivity index (χ1n) is 12.2. The molecule has 9 nitrogen and oxygen atoms in total. The van der Waals surface area contributed by atoms with E-state index < -0.39 is 17.7 Å².